The molecule has 70 valence electrons. The zero-order valence-corrected chi connectivity index (χ0v) is 7.61. The van der Waals surface area contributed by atoms with Crippen molar-refractivity contribution in [3.8, 4) is 5.75 Å². The van der Waals surface area contributed by atoms with Gasteiger partial charge in [0.05, 0.1) is 12.7 Å². The highest BCUT2D eigenvalue weighted by molar-refractivity contribution is 6.50. The van der Waals surface area contributed by atoms with E-state index in [-0.39, 0.29) is 0 Å². The molecule has 1 aliphatic carbocycles. The summed E-state index contributed by atoms with van der Waals surface area (Å²) in [7, 11) is 1.48. The highest BCUT2D eigenvalue weighted by atomic mass is 16.5. The van der Waals surface area contributed by atoms with Gasteiger partial charge in [-0.1, -0.05) is 18.2 Å². The molecule has 2 rings (SSSR count). The number of ketones is 2. The first kappa shape index (κ1) is 8.69. The molecule has 0 fully saturated rings. The van der Waals surface area contributed by atoms with Crippen molar-refractivity contribution in [3.05, 3.63) is 35.4 Å². The quantitative estimate of drug-likeness (QED) is 0.627. The number of Topliss-reactive ketones (excluding diaryl/α,β-unsaturated/α-hetero) is 1. The third-order valence-corrected chi connectivity index (χ3v) is 2.14. The summed E-state index contributed by atoms with van der Waals surface area (Å²) in [5.74, 6) is -0.549. The van der Waals surface area contributed by atoms with E-state index in [1.54, 1.807) is 24.3 Å². The van der Waals surface area contributed by atoms with Crippen LogP contribution in [0.1, 0.15) is 15.9 Å². The van der Waals surface area contributed by atoms with Gasteiger partial charge in [0.2, 0.25) is 11.6 Å². The Hall–Kier alpha value is -1.90. The molecule has 3 heteroatoms. The maximum atomic E-state index is 11.5. The lowest BCUT2D eigenvalue weighted by molar-refractivity contribution is -0.110. The average molecular weight is 188 g/mol. The van der Waals surface area contributed by atoms with Crippen LogP contribution >= 0.6 is 0 Å². The topological polar surface area (TPSA) is 43.4 Å². The molecular weight excluding hydrogens is 180 g/mol. The van der Waals surface area contributed by atoms with E-state index in [2.05, 4.69) is 0 Å². The zero-order valence-electron chi connectivity index (χ0n) is 7.61. The fraction of sp³-hybridized carbons (Fsp3) is 0.0909. The number of hydrogen-bond donors (Lipinski definition) is 0. The van der Waals surface area contributed by atoms with E-state index in [0.29, 0.717) is 11.3 Å². The molecule has 0 unspecified atom stereocenters. The number of methoxy groups -OCH3 is 1. The molecule has 0 N–H and O–H groups in total. The number of ether oxygens (including phenoxy) is 1. The Bertz CT molecular complexity index is 444. The smallest absolute Gasteiger partial charge is 0.237 e. The molecule has 0 aromatic heterocycles. The molecule has 0 bridgehead atoms. The zero-order chi connectivity index (χ0) is 10.1. The summed E-state index contributed by atoms with van der Waals surface area (Å²) in [5.41, 5.74) is 1.09. The molecule has 0 amide bonds. The van der Waals surface area contributed by atoms with Crippen LogP contribution < -0.4 is 4.74 Å². The highest BCUT2D eigenvalue weighted by Crippen LogP contribution is 2.26. The van der Waals surface area contributed by atoms with Crippen molar-refractivity contribution in [1.29, 1.82) is 0 Å². The van der Waals surface area contributed by atoms with Crippen LogP contribution in [0.5, 0.6) is 5.75 Å². The summed E-state index contributed by atoms with van der Waals surface area (Å²) in [6, 6.07) is 5.23. The largest absolute Gasteiger partial charge is 0.496 e. The molecule has 1 aliphatic rings. The van der Waals surface area contributed by atoms with Crippen LogP contribution in [0.3, 0.4) is 0 Å². The van der Waals surface area contributed by atoms with Gasteiger partial charge >= 0.3 is 0 Å². The van der Waals surface area contributed by atoms with E-state index in [9.17, 15) is 9.59 Å². The van der Waals surface area contributed by atoms with Crippen molar-refractivity contribution >= 4 is 17.6 Å². The third kappa shape index (κ3) is 1.14. The van der Waals surface area contributed by atoms with Gasteiger partial charge in [0.15, 0.2) is 0 Å². The van der Waals surface area contributed by atoms with Gasteiger partial charge in [-0.15, -0.1) is 0 Å². The second kappa shape index (κ2) is 3.10. The van der Waals surface area contributed by atoms with Crippen LogP contribution in [-0.4, -0.2) is 18.7 Å². The summed E-state index contributed by atoms with van der Waals surface area (Å²) in [6.45, 7) is 0. The average Bonchev–Trinajstić information content (AvgIpc) is 2.23. The number of allylic oxidation sites excluding steroid dienone is 1. The van der Waals surface area contributed by atoms with E-state index >= 15 is 0 Å². The van der Waals surface area contributed by atoms with Gasteiger partial charge in [0.25, 0.3) is 0 Å². The summed E-state index contributed by atoms with van der Waals surface area (Å²) in [5, 5.41) is 0. The minimum atomic E-state index is -0.500. The first-order valence-corrected chi connectivity index (χ1v) is 4.18. The molecule has 0 heterocycles. The highest BCUT2D eigenvalue weighted by Gasteiger charge is 2.24. The number of rotatable bonds is 1. The number of carbonyl (C=O) groups is 2. The maximum Gasteiger partial charge on any atom is 0.237 e. The molecule has 0 saturated heterocycles. The molecule has 0 radical (unpaired) electrons. The first-order valence-electron chi connectivity index (χ1n) is 4.18. The molecule has 3 nitrogen and oxygen atoms in total. The Morgan fingerprint density at radius 3 is 2.64 bits per heavy atom. The van der Waals surface area contributed by atoms with E-state index in [1.165, 1.54) is 13.2 Å². The van der Waals surface area contributed by atoms with Gasteiger partial charge < -0.3 is 4.74 Å². The van der Waals surface area contributed by atoms with Gasteiger partial charge in [-0.05, 0) is 17.7 Å². The maximum absolute atomic E-state index is 11.5. The van der Waals surface area contributed by atoms with Crippen LogP contribution in [0.2, 0.25) is 0 Å². The molecular formula is C11H8O3. The summed E-state index contributed by atoms with van der Waals surface area (Å²) >= 11 is 0. The van der Waals surface area contributed by atoms with E-state index in [4.69, 9.17) is 4.74 Å². The fourth-order valence-electron chi connectivity index (χ4n) is 1.46. The third-order valence-electron chi connectivity index (χ3n) is 2.14. The second-order valence-corrected chi connectivity index (χ2v) is 2.95. The van der Waals surface area contributed by atoms with Crippen molar-refractivity contribution in [2.75, 3.05) is 7.11 Å². The molecule has 0 spiro atoms. The second-order valence-electron chi connectivity index (χ2n) is 2.95. The van der Waals surface area contributed by atoms with Crippen molar-refractivity contribution in [2.24, 2.45) is 0 Å². The SMILES string of the molecule is COc1cccc2c1C(=O)C(=O)C=C2. The van der Waals surface area contributed by atoms with Crippen molar-refractivity contribution in [3.63, 3.8) is 0 Å². The van der Waals surface area contributed by atoms with Crippen LogP contribution in [0.15, 0.2) is 24.3 Å². The summed E-state index contributed by atoms with van der Waals surface area (Å²) in [4.78, 5) is 22.6. The summed E-state index contributed by atoms with van der Waals surface area (Å²) in [6.07, 6.45) is 2.91. The molecule has 1 aromatic rings. The molecule has 14 heavy (non-hydrogen) atoms. The Morgan fingerprint density at radius 1 is 1.14 bits per heavy atom. The summed E-state index contributed by atoms with van der Waals surface area (Å²) < 4.78 is 5.02. The minimum absolute atomic E-state index is 0.363. The normalized spacial score (nSPS) is 14.1. The Morgan fingerprint density at radius 2 is 1.93 bits per heavy atom. The Balaban J connectivity index is 2.69. The Labute approximate surface area is 81.0 Å². The van der Waals surface area contributed by atoms with Crippen LogP contribution in [0.4, 0.5) is 0 Å². The molecule has 0 aliphatic heterocycles. The molecule has 1 aromatic carbocycles. The molecule has 0 atom stereocenters. The molecule has 0 saturated carbocycles. The van der Waals surface area contributed by atoms with E-state index in [1.807, 2.05) is 0 Å². The van der Waals surface area contributed by atoms with Crippen LogP contribution in [-0.2, 0) is 4.79 Å². The van der Waals surface area contributed by atoms with Crippen molar-refractivity contribution in [2.45, 2.75) is 0 Å². The van der Waals surface area contributed by atoms with Crippen molar-refractivity contribution < 1.29 is 14.3 Å². The van der Waals surface area contributed by atoms with Crippen LogP contribution in [0, 0.1) is 0 Å². The first-order chi connectivity index (χ1) is 6.74. The number of hydrogen-bond acceptors (Lipinski definition) is 3. The lowest BCUT2D eigenvalue weighted by Gasteiger charge is -2.11. The number of fused-ring (bicyclic) bond motifs is 1. The van der Waals surface area contributed by atoms with Crippen molar-refractivity contribution in [1.82, 2.24) is 0 Å². The van der Waals surface area contributed by atoms with E-state index < -0.39 is 11.6 Å². The predicted octanol–water partition coefficient (Wildman–Crippen LogP) is 1.47. The van der Waals surface area contributed by atoms with Crippen LogP contribution in [0.25, 0.3) is 6.08 Å². The number of benzene rings is 1. The van der Waals surface area contributed by atoms with E-state index in [0.717, 1.165) is 5.56 Å². The van der Waals surface area contributed by atoms with Gasteiger partial charge in [0.1, 0.15) is 5.75 Å². The lowest BCUT2D eigenvalue weighted by Crippen LogP contribution is -2.17. The Kier molecular flexibility index (Phi) is 1.93. The lowest BCUT2D eigenvalue weighted by atomic mass is 9.94. The number of carbonyl (C=O) groups excluding carboxylic acids is 2. The van der Waals surface area contributed by atoms with Gasteiger partial charge in [-0.3, -0.25) is 9.59 Å². The van der Waals surface area contributed by atoms with Gasteiger partial charge in [0, 0.05) is 0 Å². The van der Waals surface area contributed by atoms with Gasteiger partial charge in [-0.25, -0.2) is 0 Å². The van der Waals surface area contributed by atoms with Gasteiger partial charge in [-0.2, -0.15) is 0 Å². The predicted molar refractivity (Wildman–Crippen MR) is 51.4 cm³/mol. The minimum Gasteiger partial charge on any atom is -0.496 e. The standard InChI is InChI=1S/C11H8O3/c1-14-9-4-2-3-7-5-6-8(12)11(13)10(7)9/h2-6H,1H3. The fourth-order valence-corrected chi connectivity index (χ4v) is 1.46. The monoisotopic (exact) mass is 188 g/mol.